The van der Waals surface area contributed by atoms with Crippen LogP contribution in [0.5, 0.6) is 5.88 Å². The van der Waals surface area contributed by atoms with Crippen LogP contribution in [-0.2, 0) is 11.8 Å². The van der Waals surface area contributed by atoms with E-state index in [9.17, 15) is 4.79 Å². The average molecular weight is 184 g/mol. The van der Waals surface area contributed by atoms with E-state index < -0.39 is 5.91 Å². The van der Waals surface area contributed by atoms with Crippen molar-refractivity contribution in [2.75, 3.05) is 19.0 Å². The number of carbonyl (C=O) groups is 1. The smallest absolute Gasteiger partial charge is 0.236 e. The van der Waals surface area contributed by atoms with Crippen LogP contribution in [0.2, 0.25) is 0 Å². The minimum atomic E-state index is -0.426. The van der Waals surface area contributed by atoms with E-state index in [1.54, 1.807) is 24.9 Å². The van der Waals surface area contributed by atoms with E-state index in [4.69, 9.17) is 10.5 Å². The van der Waals surface area contributed by atoms with Gasteiger partial charge in [-0.15, -0.1) is 0 Å². The van der Waals surface area contributed by atoms with Crippen LogP contribution >= 0.6 is 0 Å². The van der Waals surface area contributed by atoms with Crippen molar-refractivity contribution in [1.82, 2.24) is 9.78 Å². The van der Waals surface area contributed by atoms with Gasteiger partial charge in [-0.2, -0.15) is 5.10 Å². The number of anilines is 1. The fraction of sp³-hybridized carbons (Fsp3) is 0.429. The normalized spacial score (nSPS) is 9.69. The summed E-state index contributed by atoms with van der Waals surface area (Å²) in [6.07, 6.45) is 0. The Balaban J connectivity index is 2.62. The van der Waals surface area contributed by atoms with E-state index in [0.29, 0.717) is 11.7 Å². The number of nitrogens with zero attached hydrogens (tertiary/aromatic N) is 2. The summed E-state index contributed by atoms with van der Waals surface area (Å²) in [5.74, 6) is 0.759. The fourth-order valence-electron chi connectivity index (χ4n) is 0.905. The highest BCUT2D eigenvalue weighted by atomic mass is 16.5. The second-order valence-corrected chi connectivity index (χ2v) is 2.52. The Labute approximate surface area is 75.7 Å². The zero-order valence-corrected chi connectivity index (χ0v) is 7.57. The van der Waals surface area contributed by atoms with Gasteiger partial charge in [0.05, 0.1) is 13.7 Å². The topological polar surface area (TPSA) is 82.2 Å². The molecule has 1 aromatic rings. The van der Waals surface area contributed by atoms with Crippen LogP contribution in [0.4, 0.5) is 5.82 Å². The Morgan fingerprint density at radius 1 is 1.85 bits per heavy atom. The highest BCUT2D eigenvalue weighted by Crippen LogP contribution is 2.14. The second kappa shape index (κ2) is 3.79. The molecular formula is C7H12N4O2. The number of hydrogen-bond acceptors (Lipinski definition) is 4. The van der Waals surface area contributed by atoms with Gasteiger partial charge in [0.25, 0.3) is 0 Å². The number of nitrogens with two attached hydrogens (primary N) is 1. The summed E-state index contributed by atoms with van der Waals surface area (Å²) >= 11 is 0. The maximum Gasteiger partial charge on any atom is 0.236 e. The summed E-state index contributed by atoms with van der Waals surface area (Å²) in [6, 6.07) is 1.68. The Hall–Kier alpha value is -1.72. The number of hydrogen-bond donors (Lipinski definition) is 2. The number of aryl methyl sites for hydroxylation is 1. The van der Waals surface area contributed by atoms with Crippen molar-refractivity contribution in [3.8, 4) is 5.88 Å². The SMILES string of the molecule is COc1cc(NCC(N)=O)nn1C. The molecule has 1 heterocycles. The molecule has 0 saturated heterocycles. The quantitative estimate of drug-likeness (QED) is 0.650. The van der Waals surface area contributed by atoms with Gasteiger partial charge in [-0.05, 0) is 0 Å². The van der Waals surface area contributed by atoms with Crippen LogP contribution in [0.15, 0.2) is 6.07 Å². The molecule has 0 aromatic carbocycles. The molecule has 1 amide bonds. The molecule has 0 fully saturated rings. The summed E-state index contributed by atoms with van der Waals surface area (Å²) in [5, 5.41) is 6.78. The maximum absolute atomic E-state index is 10.4. The molecule has 0 aliphatic heterocycles. The largest absolute Gasteiger partial charge is 0.481 e. The third-order valence-electron chi connectivity index (χ3n) is 1.49. The molecule has 6 nitrogen and oxygen atoms in total. The monoisotopic (exact) mass is 184 g/mol. The molecule has 0 atom stereocenters. The van der Waals surface area contributed by atoms with E-state index in [1.165, 1.54) is 0 Å². The lowest BCUT2D eigenvalue weighted by Crippen LogP contribution is -2.21. The average Bonchev–Trinajstić information content (AvgIpc) is 2.43. The van der Waals surface area contributed by atoms with Gasteiger partial charge >= 0.3 is 0 Å². The van der Waals surface area contributed by atoms with Crippen LogP contribution < -0.4 is 15.8 Å². The lowest BCUT2D eigenvalue weighted by atomic mass is 10.5. The van der Waals surface area contributed by atoms with Gasteiger partial charge in [0.15, 0.2) is 5.82 Å². The molecular weight excluding hydrogens is 172 g/mol. The van der Waals surface area contributed by atoms with E-state index in [-0.39, 0.29) is 6.54 Å². The van der Waals surface area contributed by atoms with Crippen LogP contribution in [0, 0.1) is 0 Å². The molecule has 3 N–H and O–H groups in total. The Morgan fingerprint density at radius 2 is 2.54 bits per heavy atom. The standard InChI is InChI=1S/C7H12N4O2/c1-11-7(13-2)3-6(10-11)9-4-5(8)12/h3H,4H2,1-2H3,(H2,8,12)(H,9,10). The summed E-state index contributed by atoms with van der Waals surface area (Å²) in [6.45, 7) is 0.0696. The summed E-state index contributed by atoms with van der Waals surface area (Å²) in [7, 11) is 3.29. The molecule has 13 heavy (non-hydrogen) atoms. The van der Waals surface area contributed by atoms with Crippen molar-refractivity contribution in [3.63, 3.8) is 0 Å². The number of ether oxygens (including phenoxy) is 1. The van der Waals surface area contributed by atoms with Crippen LogP contribution in [0.1, 0.15) is 0 Å². The van der Waals surface area contributed by atoms with Gasteiger partial charge in [0.1, 0.15) is 0 Å². The molecule has 6 heteroatoms. The molecule has 0 unspecified atom stereocenters. The minimum Gasteiger partial charge on any atom is -0.481 e. The first-order chi connectivity index (χ1) is 6.13. The molecule has 1 rings (SSSR count). The Bertz CT molecular complexity index is 307. The fourth-order valence-corrected chi connectivity index (χ4v) is 0.905. The molecule has 0 aliphatic rings. The van der Waals surface area contributed by atoms with Crippen molar-refractivity contribution in [2.24, 2.45) is 12.8 Å². The number of rotatable bonds is 4. The highest BCUT2D eigenvalue weighted by Gasteiger charge is 2.04. The highest BCUT2D eigenvalue weighted by molar-refractivity contribution is 5.78. The van der Waals surface area contributed by atoms with Gasteiger partial charge in [0.2, 0.25) is 11.8 Å². The Morgan fingerprint density at radius 3 is 3.00 bits per heavy atom. The number of primary amides is 1. The molecule has 1 aromatic heterocycles. The van der Waals surface area contributed by atoms with E-state index in [2.05, 4.69) is 10.4 Å². The lowest BCUT2D eigenvalue weighted by molar-refractivity contribution is -0.116. The molecule has 0 saturated carbocycles. The number of aromatic nitrogens is 2. The first kappa shape index (κ1) is 9.37. The van der Waals surface area contributed by atoms with Gasteiger partial charge in [-0.1, -0.05) is 0 Å². The second-order valence-electron chi connectivity index (χ2n) is 2.52. The predicted octanol–water partition coefficient (Wildman–Crippen LogP) is -0.674. The van der Waals surface area contributed by atoms with Crippen molar-refractivity contribution in [3.05, 3.63) is 6.07 Å². The van der Waals surface area contributed by atoms with Crippen LogP contribution in [-0.4, -0.2) is 29.3 Å². The maximum atomic E-state index is 10.4. The molecule has 72 valence electrons. The minimum absolute atomic E-state index is 0.0696. The molecule has 0 spiro atoms. The van der Waals surface area contributed by atoms with Crippen LogP contribution in [0.3, 0.4) is 0 Å². The first-order valence-corrected chi connectivity index (χ1v) is 3.73. The van der Waals surface area contributed by atoms with Gasteiger partial charge in [0, 0.05) is 13.1 Å². The van der Waals surface area contributed by atoms with Crippen molar-refractivity contribution >= 4 is 11.7 Å². The van der Waals surface area contributed by atoms with Crippen molar-refractivity contribution < 1.29 is 9.53 Å². The van der Waals surface area contributed by atoms with Crippen molar-refractivity contribution in [2.45, 2.75) is 0 Å². The lowest BCUT2D eigenvalue weighted by Gasteiger charge is -1.96. The van der Waals surface area contributed by atoms with Crippen molar-refractivity contribution in [1.29, 1.82) is 0 Å². The summed E-state index contributed by atoms with van der Waals surface area (Å²) < 4.78 is 6.54. The van der Waals surface area contributed by atoms with Gasteiger partial charge in [-0.3, -0.25) is 4.79 Å². The zero-order valence-electron chi connectivity index (χ0n) is 7.57. The molecule has 0 aliphatic carbocycles. The van der Waals surface area contributed by atoms with E-state index in [0.717, 1.165) is 0 Å². The number of nitrogens with one attached hydrogen (secondary N) is 1. The van der Waals surface area contributed by atoms with Gasteiger partial charge in [-0.25, -0.2) is 4.68 Å². The summed E-state index contributed by atoms with van der Waals surface area (Å²) in [5.41, 5.74) is 4.95. The number of methoxy groups -OCH3 is 1. The van der Waals surface area contributed by atoms with Gasteiger partial charge < -0.3 is 15.8 Å². The summed E-state index contributed by atoms with van der Waals surface area (Å²) in [4.78, 5) is 10.4. The zero-order chi connectivity index (χ0) is 9.84. The number of amides is 1. The van der Waals surface area contributed by atoms with E-state index >= 15 is 0 Å². The van der Waals surface area contributed by atoms with Crippen LogP contribution in [0.25, 0.3) is 0 Å². The molecule has 0 radical (unpaired) electrons. The number of carbonyl (C=O) groups excluding carboxylic acids is 1. The first-order valence-electron chi connectivity index (χ1n) is 3.73. The molecule has 0 bridgehead atoms. The third kappa shape index (κ3) is 2.36. The Kier molecular flexibility index (Phi) is 2.73. The third-order valence-corrected chi connectivity index (χ3v) is 1.49. The predicted molar refractivity (Wildman–Crippen MR) is 47.4 cm³/mol. The van der Waals surface area contributed by atoms with E-state index in [1.807, 2.05) is 0 Å².